The Morgan fingerprint density at radius 2 is 1.70 bits per heavy atom. The molecule has 3 aromatic rings. The summed E-state index contributed by atoms with van der Waals surface area (Å²) in [6, 6.07) is 11.4. The topological polar surface area (TPSA) is 98.5 Å². The quantitative estimate of drug-likeness (QED) is 0.581. The van der Waals surface area contributed by atoms with Gasteiger partial charge in [0.05, 0.1) is 6.61 Å². The molecule has 0 saturated carbocycles. The normalized spacial score (nSPS) is 12.5. The molecule has 2 aromatic carbocycles. The predicted octanol–water partition coefficient (Wildman–Crippen LogP) is 2.52. The maximum Gasteiger partial charge on any atom is 0.333 e. The monoisotopic (exact) mass is 449 g/mol. The van der Waals surface area contributed by atoms with Crippen LogP contribution in [0.4, 0.5) is 17.3 Å². The molecule has 0 bridgehead atoms. The van der Waals surface area contributed by atoms with Crippen molar-refractivity contribution in [3.05, 3.63) is 73.8 Å². The number of nitrogens with zero attached hydrogens (tertiary/aromatic N) is 4. The van der Waals surface area contributed by atoms with Crippen LogP contribution < -0.4 is 26.1 Å². The van der Waals surface area contributed by atoms with Crippen molar-refractivity contribution in [3.63, 3.8) is 0 Å². The lowest BCUT2D eigenvalue weighted by Gasteiger charge is -2.18. The highest BCUT2D eigenvalue weighted by Gasteiger charge is 2.26. The van der Waals surface area contributed by atoms with Gasteiger partial charge in [-0.05, 0) is 63.1 Å². The average Bonchev–Trinajstić information content (AvgIpc) is 3.19. The van der Waals surface area contributed by atoms with Crippen molar-refractivity contribution in [2.24, 2.45) is 0 Å². The third-order valence-corrected chi connectivity index (χ3v) is 5.60. The van der Waals surface area contributed by atoms with Gasteiger partial charge in [0, 0.05) is 24.5 Å². The van der Waals surface area contributed by atoms with Crippen molar-refractivity contribution < 1.29 is 9.53 Å². The first kappa shape index (κ1) is 22.3. The highest BCUT2D eigenvalue weighted by Crippen LogP contribution is 2.28. The molecule has 0 aliphatic carbocycles. The molecule has 1 aromatic heterocycles. The van der Waals surface area contributed by atoms with E-state index in [1.54, 1.807) is 0 Å². The minimum Gasteiger partial charge on any atom is -0.494 e. The number of carbonyl (C=O) groups excluding carboxylic acids is 1. The van der Waals surface area contributed by atoms with Crippen LogP contribution in [0, 0.1) is 20.8 Å². The highest BCUT2D eigenvalue weighted by atomic mass is 16.5. The number of carbonyl (C=O) groups is 1. The van der Waals surface area contributed by atoms with Crippen LogP contribution in [-0.2, 0) is 17.9 Å². The van der Waals surface area contributed by atoms with Gasteiger partial charge in [-0.1, -0.05) is 17.7 Å². The number of rotatable bonds is 6. The average molecular weight is 450 g/mol. The number of hydrogen-bond acceptors (Lipinski definition) is 6. The Kier molecular flexibility index (Phi) is 6.04. The van der Waals surface area contributed by atoms with Crippen molar-refractivity contribution in [1.82, 2.24) is 14.3 Å². The van der Waals surface area contributed by atoms with Crippen LogP contribution in [0.1, 0.15) is 23.6 Å². The van der Waals surface area contributed by atoms with E-state index in [2.05, 4.69) is 10.4 Å². The van der Waals surface area contributed by atoms with Gasteiger partial charge in [0.15, 0.2) is 0 Å². The van der Waals surface area contributed by atoms with Gasteiger partial charge >= 0.3 is 11.1 Å². The molecule has 1 aliphatic rings. The molecule has 0 fully saturated rings. The number of fused-ring (bicyclic) bond motifs is 1. The molecule has 1 amide bonds. The van der Waals surface area contributed by atoms with Gasteiger partial charge in [0.25, 0.3) is 0 Å². The van der Waals surface area contributed by atoms with Crippen molar-refractivity contribution >= 4 is 23.2 Å². The lowest BCUT2D eigenvalue weighted by molar-refractivity contribution is -0.117. The fourth-order valence-corrected chi connectivity index (χ4v) is 4.16. The van der Waals surface area contributed by atoms with Gasteiger partial charge in [-0.25, -0.2) is 4.68 Å². The first-order chi connectivity index (χ1) is 15.8. The van der Waals surface area contributed by atoms with Crippen LogP contribution in [-0.4, -0.2) is 33.4 Å². The Morgan fingerprint density at radius 1 is 1.03 bits per heavy atom. The standard InChI is InChI=1S/C24H27N5O4/c1-5-33-19-8-6-18(7-9-19)27-10-11-28-22(31)23(32)29(26-24(27)28)14-20(30)25-21-16(3)12-15(2)13-17(21)4/h6-9,12-13H,5,10-11,14H2,1-4H3,(H,25,30). The number of anilines is 3. The Labute approximate surface area is 191 Å². The molecule has 1 N–H and O–H groups in total. The number of amides is 1. The fourth-order valence-electron chi connectivity index (χ4n) is 4.16. The summed E-state index contributed by atoms with van der Waals surface area (Å²) in [6.45, 7) is 8.78. The first-order valence-electron chi connectivity index (χ1n) is 10.9. The minimum absolute atomic E-state index is 0.333. The molecule has 2 heterocycles. The van der Waals surface area contributed by atoms with E-state index < -0.39 is 17.0 Å². The second-order valence-corrected chi connectivity index (χ2v) is 8.12. The van der Waals surface area contributed by atoms with Gasteiger partial charge in [0.1, 0.15) is 12.3 Å². The number of aryl methyl sites for hydroxylation is 3. The second-order valence-electron chi connectivity index (χ2n) is 8.12. The van der Waals surface area contributed by atoms with E-state index in [0.717, 1.165) is 32.8 Å². The molecule has 9 heteroatoms. The number of nitrogens with one attached hydrogen (secondary N) is 1. The molecule has 1 aliphatic heterocycles. The van der Waals surface area contributed by atoms with E-state index in [9.17, 15) is 14.4 Å². The van der Waals surface area contributed by atoms with Crippen molar-refractivity contribution in [2.75, 3.05) is 23.4 Å². The molecule has 4 rings (SSSR count). The smallest absolute Gasteiger partial charge is 0.333 e. The van der Waals surface area contributed by atoms with E-state index in [1.165, 1.54) is 4.57 Å². The molecule has 0 unspecified atom stereocenters. The number of benzene rings is 2. The molecule has 0 spiro atoms. The van der Waals surface area contributed by atoms with E-state index in [0.29, 0.717) is 31.3 Å². The lowest BCUT2D eigenvalue weighted by atomic mass is 10.1. The Balaban J connectivity index is 1.61. The zero-order valence-corrected chi connectivity index (χ0v) is 19.2. The molecule has 172 valence electrons. The summed E-state index contributed by atoms with van der Waals surface area (Å²) in [6.07, 6.45) is 0. The Bertz CT molecular complexity index is 1300. The summed E-state index contributed by atoms with van der Waals surface area (Å²) in [5.41, 5.74) is 2.96. The maximum absolute atomic E-state index is 12.7. The minimum atomic E-state index is -0.820. The zero-order chi connectivity index (χ0) is 23.7. The van der Waals surface area contributed by atoms with Crippen molar-refractivity contribution in [1.29, 1.82) is 0 Å². The van der Waals surface area contributed by atoms with Gasteiger partial charge in [-0.2, -0.15) is 0 Å². The molecule has 33 heavy (non-hydrogen) atoms. The van der Waals surface area contributed by atoms with E-state index in [1.807, 2.05) is 69.0 Å². The van der Waals surface area contributed by atoms with Crippen LogP contribution in [0.3, 0.4) is 0 Å². The van der Waals surface area contributed by atoms with Gasteiger partial charge in [-0.3, -0.25) is 19.0 Å². The molecular weight excluding hydrogens is 422 g/mol. The molecule has 9 nitrogen and oxygen atoms in total. The molecule has 0 atom stereocenters. The van der Waals surface area contributed by atoms with Crippen LogP contribution >= 0.6 is 0 Å². The van der Waals surface area contributed by atoms with Gasteiger partial charge < -0.3 is 15.0 Å². The van der Waals surface area contributed by atoms with E-state index in [4.69, 9.17) is 4.74 Å². The molecule has 0 saturated heterocycles. The summed E-state index contributed by atoms with van der Waals surface area (Å²) in [5, 5.41) is 7.23. The summed E-state index contributed by atoms with van der Waals surface area (Å²) < 4.78 is 7.77. The van der Waals surface area contributed by atoms with E-state index >= 15 is 0 Å². The van der Waals surface area contributed by atoms with Gasteiger partial charge in [-0.15, -0.1) is 5.10 Å². The van der Waals surface area contributed by atoms with Crippen LogP contribution in [0.5, 0.6) is 5.75 Å². The third kappa shape index (κ3) is 4.39. The SMILES string of the molecule is CCOc1ccc(N2CCn3c2nn(CC(=O)Nc2c(C)cc(C)cc2C)c(=O)c3=O)cc1. The second kappa shape index (κ2) is 8.93. The van der Waals surface area contributed by atoms with Crippen LogP contribution in [0.25, 0.3) is 0 Å². The summed E-state index contributed by atoms with van der Waals surface area (Å²) in [5.74, 6) is 0.656. The highest BCUT2D eigenvalue weighted by molar-refractivity contribution is 5.92. The largest absolute Gasteiger partial charge is 0.494 e. The Hall–Kier alpha value is -3.88. The first-order valence-corrected chi connectivity index (χ1v) is 10.9. The van der Waals surface area contributed by atoms with Crippen molar-refractivity contribution in [3.8, 4) is 5.75 Å². The number of ether oxygens (including phenoxy) is 1. The predicted molar refractivity (Wildman–Crippen MR) is 127 cm³/mol. The van der Waals surface area contributed by atoms with Crippen molar-refractivity contribution in [2.45, 2.75) is 40.8 Å². The number of hydrogen-bond donors (Lipinski definition) is 1. The molecular formula is C24H27N5O4. The third-order valence-electron chi connectivity index (χ3n) is 5.60. The summed E-state index contributed by atoms with van der Waals surface area (Å²) in [7, 11) is 0. The Morgan fingerprint density at radius 3 is 2.33 bits per heavy atom. The number of aromatic nitrogens is 3. The lowest BCUT2D eigenvalue weighted by Crippen LogP contribution is -2.44. The summed E-state index contributed by atoms with van der Waals surface area (Å²) >= 11 is 0. The van der Waals surface area contributed by atoms with Gasteiger partial charge in [0.2, 0.25) is 11.9 Å². The molecule has 0 radical (unpaired) electrons. The van der Waals surface area contributed by atoms with E-state index in [-0.39, 0.29) is 6.54 Å². The van der Waals surface area contributed by atoms with Crippen LogP contribution in [0.2, 0.25) is 0 Å². The summed E-state index contributed by atoms with van der Waals surface area (Å²) in [4.78, 5) is 39.9. The fraction of sp³-hybridized carbons (Fsp3) is 0.333. The zero-order valence-electron chi connectivity index (χ0n) is 19.2. The maximum atomic E-state index is 12.7. The van der Waals surface area contributed by atoms with Crippen LogP contribution in [0.15, 0.2) is 46.0 Å².